The van der Waals surface area contributed by atoms with Gasteiger partial charge in [-0.15, -0.1) is 0 Å². The topological polar surface area (TPSA) is 93.1 Å². The Balaban J connectivity index is 1.66. The monoisotopic (exact) mass is 372 g/mol. The zero-order chi connectivity index (χ0) is 19.1. The standard InChI is InChI=1S/C19H24N4O4/c1-22(13-18-3-2-9-27-18)19(21-12-16-8-10-26-14-16)20-11-15-4-6-17(7-5-15)23(24)25/h2-7,9,16H,8,10-14H2,1H3,(H,20,21). The first-order valence-corrected chi connectivity index (χ1v) is 8.94. The Kier molecular flexibility index (Phi) is 6.43. The highest BCUT2D eigenvalue weighted by molar-refractivity contribution is 5.79. The fraction of sp³-hybridized carbons (Fsp3) is 0.421. The molecule has 1 unspecified atom stereocenters. The molecule has 0 amide bonds. The van der Waals surface area contributed by atoms with Gasteiger partial charge in [0.1, 0.15) is 5.76 Å². The van der Waals surface area contributed by atoms with Crippen molar-refractivity contribution in [2.75, 3.05) is 26.8 Å². The molecule has 144 valence electrons. The van der Waals surface area contributed by atoms with Crippen molar-refractivity contribution in [1.29, 1.82) is 0 Å². The number of non-ortho nitro benzene ring substituents is 1. The maximum Gasteiger partial charge on any atom is 0.269 e. The first-order chi connectivity index (χ1) is 13.1. The smallest absolute Gasteiger partial charge is 0.269 e. The van der Waals surface area contributed by atoms with Gasteiger partial charge in [0.2, 0.25) is 0 Å². The van der Waals surface area contributed by atoms with E-state index in [9.17, 15) is 10.1 Å². The molecule has 8 nitrogen and oxygen atoms in total. The predicted octanol–water partition coefficient (Wildman–Crippen LogP) is 2.80. The van der Waals surface area contributed by atoms with Crippen LogP contribution in [0.15, 0.2) is 52.1 Å². The lowest BCUT2D eigenvalue weighted by Crippen LogP contribution is -2.41. The number of nitro benzene ring substituents is 1. The van der Waals surface area contributed by atoms with Crippen LogP contribution in [0.5, 0.6) is 0 Å². The summed E-state index contributed by atoms with van der Waals surface area (Å²) in [4.78, 5) is 17.1. The molecule has 0 radical (unpaired) electrons. The molecule has 1 aromatic carbocycles. The molecule has 3 rings (SSSR count). The number of guanidine groups is 1. The van der Waals surface area contributed by atoms with Gasteiger partial charge in [-0.1, -0.05) is 12.1 Å². The summed E-state index contributed by atoms with van der Waals surface area (Å²) in [5, 5.41) is 14.2. The van der Waals surface area contributed by atoms with Crippen LogP contribution in [-0.4, -0.2) is 42.6 Å². The average molecular weight is 372 g/mol. The normalized spacial score (nSPS) is 17.1. The van der Waals surface area contributed by atoms with Crippen LogP contribution in [0, 0.1) is 16.0 Å². The van der Waals surface area contributed by atoms with E-state index in [2.05, 4.69) is 10.3 Å². The second-order valence-electron chi connectivity index (χ2n) is 6.61. The highest BCUT2D eigenvalue weighted by Gasteiger charge is 2.17. The molecular weight excluding hydrogens is 348 g/mol. The van der Waals surface area contributed by atoms with E-state index >= 15 is 0 Å². The van der Waals surface area contributed by atoms with E-state index in [0.717, 1.165) is 43.5 Å². The third kappa shape index (κ3) is 5.55. The molecule has 2 heterocycles. The van der Waals surface area contributed by atoms with E-state index in [1.165, 1.54) is 12.1 Å². The molecule has 8 heteroatoms. The van der Waals surface area contributed by atoms with Crippen molar-refractivity contribution in [2.24, 2.45) is 10.9 Å². The van der Waals surface area contributed by atoms with Crippen molar-refractivity contribution in [3.8, 4) is 0 Å². The van der Waals surface area contributed by atoms with Gasteiger partial charge in [0.05, 0.1) is 30.9 Å². The lowest BCUT2D eigenvalue weighted by Gasteiger charge is -2.23. The summed E-state index contributed by atoms with van der Waals surface area (Å²) in [6.07, 6.45) is 2.70. The zero-order valence-corrected chi connectivity index (χ0v) is 15.3. The van der Waals surface area contributed by atoms with Gasteiger partial charge < -0.3 is 19.4 Å². The fourth-order valence-electron chi connectivity index (χ4n) is 2.89. The number of aliphatic imine (C=N–C) groups is 1. The Morgan fingerprint density at radius 1 is 1.37 bits per heavy atom. The van der Waals surface area contributed by atoms with Gasteiger partial charge in [-0.25, -0.2) is 4.99 Å². The van der Waals surface area contributed by atoms with Crippen molar-refractivity contribution < 1.29 is 14.1 Å². The Labute approximate surface area is 158 Å². The van der Waals surface area contributed by atoms with E-state index < -0.39 is 4.92 Å². The van der Waals surface area contributed by atoms with E-state index in [4.69, 9.17) is 9.15 Å². The molecule has 1 saturated heterocycles. The molecule has 27 heavy (non-hydrogen) atoms. The molecule has 2 aromatic rings. The number of nitrogens with zero attached hydrogens (tertiary/aromatic N) is 3. The van der Waals surface area contributed by atoms with Crippen molar-refractivity contribution in [1.82, 2.24) is 10.2 Å². The van der Waals surface area contributed by atoms with Gasteiger partial charge in [-0.05, 0) is 24.1 Å². The third-order valence-electron chi connectivity index (χ3n) is 4.47. The molecule has 1 N–H and O–H groups in total. The first-order valence-electron chi connectivity index (χ1n) is 8.94. The number of ether oxygens (including phenoxy) is 1. The number of rotatable bonds is 7. The largest absolute Gasteiger partial charge is 0.467 e. The van der Waals surface area contributed by atoms with Crippen LogP contribution in [0.25, 0.3) is 0 Å². The lowest BCUT2D eigenvalue weighted by atomic mass is 10.1. The minimum Gasteiger partial charge on any atom is -0.467 e. The molecule has 1 aliphatic rings. The van der Waals surface area contributed by atoms with Gasteiger partial charge in [0.25, 0.3) is 5.69 Å². The number of nitrogens with one attached hydrogen (secondary N) is 1. The quantitative estimate of drug-likeness (QED) is 0.348. The van der Waals surface area contributed by atoms with Crippen molar-refractivity contribution >= 4 is 11.6 Å². The Morgan fingerprint density at radius 3 is 2.81 bits per heavy atom. The predicted molar refractivity (Wildman–Crippen MR) is 101 cm³/mol. The van der Waals surface area contributed by atoms with E-state index in [1.807, 2.05) is 24.1 Å². The zero-order valence-electron chi connectivity index (χ0n) is 15.3. The molecule has 1 aromatic heterocycles. The summed E-state index contributed by atoms with van der Waals surface area (Å²) in [6, 6.07) is 10.3. The second-order valence-corrected chi connectivity index (χ2v) is 6.61. The third-order valence-corrected chi connectivity index (χ3v) is 4.47. The van der Waals surface area contributed by atoms with Gasteiger partial charge in [0, 0.05) is 38.2 Å². The minimum absolute atomic E-state index is 0.0808. The summed E-state index contributed by atoms with van der Waals surface area (Å²) in [5.41, 5.74) is 0.993. The Bertz CT molecular complexity index is 753. The Morgan fingerprint density at radius 2 is 2.19 bits per heavy atom. The Hall–Kier alpha value is -2.87. The molecule has 0 bridgehead atoms. The van der Waals surface area contributed by atoms with Gasteiger partial charge in [-0.3, -0.25) is 10.1 Å². The van der Waals surface area contributed by atoms with E-state index in [-0.39, 0.29) is 5.69 Å². The summed E-state index contributed by atoms with van der Waals surface area (Å²) < 4.78 is 10.9. The molecule has 0 aliphatic carbocycles. The van der Waals surface area contributed by atoms with Crippen LogP contribution >= 0.6 is 0 Å². The van der Waals surface area contributed by atoms with Gasteiger partial charge >= 0.3 is 0 Å². The highest BCUT2D eigenvalue weighted by Crippen LogP contribution is 2.14. The molecular formula is C19H24N4O4. The van der Waals surface area contributed by atoms with Crippen molar-refractivity contribution in [3.05, 3.63) is 64.1 Å². The van der Waals surface area contributed by atoms with Crippen molar-refractivity contribution in [3.63, 3.8) is 0 Å². The molecule has 0 saturated carbocycles. The summed E-state index contributed by atoms with van der Waals surface area (Å²) in [7, 11) is 1.95. The van der Waals surface area contributed by atoms with Gasteiger partial charge in [-0.2, -0.15) is 0 Å². The van der Waals surface area contributed by atoms with E-state index in [1.54, 1.807) is 18.4 Å². The van der Waals surface area contributed by atoms with Crippen LogP contribution in [0.4, 0.5) is 5.69 Å². The number of furan rings is 1. The average Bonchev–Trinajstić information content (AvgIpc) is 3.36. The van der Waals surface area contributed by atoms with Crippen LogP contribution < -0.4 is 5.32 Å². The van der Waals surface area contributed by atoms with Gasteiger partial charge in [0.15, 0.2) is 5.96 Å². The van der Waals surface area contributed by atoms with Crippen LogP contribution in [0.3, 0.4) is 0 Å². The number of hydrogen-bond donors (Lipinski definition) is 1. The lowest BCUT2D eigenvalue weighted by molar-refractivity contribution is -0.384. The molecule has 1 aliphatic heterocycles. The molecule has 1 fully saturated rings. The maximum atomic E-state index is 10.8. The summed E-state index contributed by atoms with van der Waals surface area (Å²) in [6.45, 7) is 3.40. The van der Waals surface area contributed by atoms with Crippen molar-refractivity contribution in [2.45, 2.75) is 19.5 Å². The van der Waals surface area contributed by atoms with Crippen LogP contribution in [0.1, 0.15) is 17.7 Å². The highest BCUT2D eigenvalue weighted by atomic mass is 16.6. The second kappa shape index (κ2) is 9.18. The number of benzene rings is 1. The maximum absolute atomic E-state index is 10.8. The van der Waals surface area contributed by atoms with E-state index in [0.29, 0.717) is 19.0 Å². The fourth-order valence-corrected chi connectivity index (χ4v) is 2.89. The van der Waals surface area contributed by atoms with Crippen LogP contribution in [-0.2, 0) is 17.8 Å². The SMILES string of the molecule is CN(Cc1ccco1)C(=NCc1ccc([N+](=O)[O-])cc1)NCC1CCOC1. The number of nitro groups is 1. The summed E-state index contributed by atoms with van der Waals surface area (Å²) in [5.74, 6) is 2.09. The molecule has 1 atom stereocenters. The number of hydrogen-bond acceptors (Lipinski definition) is 5. The first kappa shape index (κ1) is 18.9. The molecule has 0 spiro atoms. The summed E-state index contributed by atoms with van der Waals surface area (Å²) >= 11 is 0. The minimum atomic E-state index is -0.402. The van der Waals surface area contributed by atoms with Crippen LogP contribution in [0.2, 0.25) is 0 Å².